The Hall–Kier alpha value is -2.65. The molecule has 4 rings (SSSR count). The van der Waals surface area contributed by atoms with Gasteiger partial charge in [-0.2, -0.15) is 9.78 Å². The van der Waals surface area contributed by atoms with E-state index < -0.39 is 0 Å². The molecule has 0 saturated carbocycles. The topological polar surface area (TPSA) is 97.8 Å². The van der Waals surface area contributed by atoms with Gasteiger partial charge in [-0.05, 0) is 19.2 Å². The zero-order valence-electron chi connectivity index (χ0n) is 14.2. The molecule has 0 bridgehead atoms. The Morgan fingerprint density at radius 1 is 1.28 bits per heavy atom. The maximum Gasteiger partial charge on any atom is 0.253 e. The smallest absolute Gasteiger partial charge is 0.253 e. The molecule has 3 aromatic rings. The minimum atomic E-state index is -0.284. The summed E-state index contributed by atoms with van der Waals surface area (Å²) in [5.74, 6) is 1.73. The van der Waals surface area contributed by atoms with Crippen LogP contribution >= 0.6 is 0 Å². The van der Waals surface area contributed by atoms with Crippen LogP contribution in [0.25, 0.3) is 11.4 Å². The first-order chi connectivity index (χ1) is 12.2. The van der Waals surface area contributed by atoms with E-state index in [1.54, 1.807) is 0 Å². The molecule has 0 radical (unpaired) electrons. The lowest BCUT2D eigenvalue weighted by atomic mass is 10.2. The molecule has 2 unspecified atom stereocenters. The number of nitrogens with zero attached hydrogens (tertiary/aromatic N) is 7. The first-order valence-electron chi connectivity index (χ1n) is 8.32. The van der Waals surface area contributed by atoms with Crippen molar-refractivity contribution in [3.63, 3.8) is 0 Å². The fourth-order valence-corrected chi connectivity index (χ4v) is 2.84. The van der Waals surface area contributed by atoms with E-state index in [1.165, 1.54) is 4.80 Å². The van der Waals surface area contributed by atoms with E-state index >= 15 is 0 Å². The summed E-state index contributed by atoms with van der Waals surface area (Å²) in [6, 6.07) is 9.56. The van der Waals surface area contributed by atoms with Crippen molar-refractivity contribution in [3.05, 3.63) is 42.0 Å². The summed E-state index contributed by atoms with van der Waals surface area (Å²) in [6.45, 7) is 4.65. The minimum absolute atomic E-state index is 0.113. The number of benzene rings is 1. The van der Waals surface area contributed by atoms with Crippen molar-refractivity contribution in [2.24, 2.45) is 0 Å². The predicted octanol–water partition coefficient (Wildman–Crippen LogP) is 0.908. The number of tetrazole rings is 1. The third-order valence-electron chi connectivity index (χ3n) is 4.43. The first kappa shape index (κ1) is 15.9. The summed E-state index contributed by atoms with van der Waals surface area (Å²) >= 11 is 0. The lowest BCUT2D eigenvalue weighted by Crippen LogP contribution is -2.44. The summed E-state index contributed by atoms with van der Waals surface area (Å²) in [4.78, 5) is 8.28. The van der Waals surface area contributed by atoms with Crippen LogP contribution in [0.3, 0.4) is 0 Å². The van der Waals surface area contributed by atoms with Gasteiger partial charge in [-0.3, -0.25) is 4.90 Å². The van der Waals surface area contributed by atoms with Gasteiger partial charge >= 0.3 is 0 Å². The van der Waals surface area contributed by atoms with E-state index in [0.29, 0.717) is 17.5 Å². The average Bonchev–Trinajstić information content (AvgIpc) is 3.32. The molecule has 130 valence electrons. The molecule has 1 saturated heterocycles. The summed E-state index contributed by atoms with van der Waals surface area (Å²) in [5, 5.41) is 20.2. The Bertz CT molecular complexity index is 830. The number of nitrogens with one attached hydrogen (secondary N) is 1. The molecule has 1 aliphatic heterocycles. The summed E-state index contributed by atoms with van der Waals surface area (Å²) in [7, 11) is 2.07. The van der Waals surface area contributed by atoms with E-state index in [9.17, 15) is 0 Å². The first-order valence-corrected chi connectivity index (χ1v) is 8.32. The van der Waals surface area contributed by atoms with E-state index in [0.717, 1.165) is 25.2 Å². The maximum absolute atomic E-state index is 5.45. The van der Waals surface area contributed by atoms with Crippen molar-refractivity contribution >= 4 is 0 Å². The summed E-state index contributed by atoms with van der Waals surface area (Å²) in [5.41, 5.74) is 0.919. The molecule has 1 aromatic carbocycles. The van der Waals surface area contributed by atoms with Crippen molar-refractivity contribution in [1.82, 2.24) is 40.6 Å². The van der Waals surface area contributed by atoms with E-state index in [-0.39, 0.29) is 12.1 Å². The number of likely N-dealkylation sites (N-methyl/N-ethyl adjacent to an activating group) is 1. The quantitative estimate of drug-likeness (QED) is 0.748. The Morgan fingerprint density at radius 3 is 2.92 bits per heavy atom. The van der Waals surface area contributed by atoms with Gasteiger partial charge in [0.1, 0.15) is 6.04 Å². The van der Waals surface area contributed by atoms with Gasteiger partial charge in [0, 0.05) is 25.2 Å². The average molecular weight is 340 g/mol. The molecule has 1 N–H and O–H groups in total. The third kappa shape index (κ3) is 3.15. The molecule has 9 nitrogen and oxygen atoms in total. The van der Waals surface area contributed by atoms with Crippen molar-refractivity contribution < 1.29 is 4.52 Å². The highest BCUT2D eigenvalue weighted by molar-refractivity contribution is 5.52. The van der Waals surface area contributed by atoms with Gasteiger partial charge in [0.15, 0.2) is 5.82 Å². The second-order valence-corrected chi connectivity index (χ2v) is 6.17. The predicted molar refractivity (Wildman–Crippen MR) is 89.6 cm³/mol. The van der Waals surface area contributed by atoms with Gasteiger partial charge in [0.25, 0.3) is 5.89 Å². The van der Waals surface area contributed by atoms with Crippen LogP contribution in [-0.2, 0) is 0 Å². The van der Waals surface area contributed by atoms with Crippen LogP contribution in [0.4, 0.5) is 0 Å². The van der Waals surface area contributed by atoms with Gasteiger partial charge in [0.2, 0.25) is 5.82 Å². The molecule has 25 heavy (non-hydrogen) atoms. The molecule has 1 fully saturated rings. The highest BCUT2D eigenvalue weighted by Crippen LogP contribution is 2.21. The van der Waals surface area contributed by atoms with Crippen LogP contribution in [0.15, 0.2) is 34.9 Å². The third-order valence-corrected chi connectivity index (χ3v) is 4.43. The summed E-state index contributed by atoms with van der Waals surface area (Å²) < 4.78 is 5.45. The van der Waals surface area contributed by atoms with Crippen molar-refractivity contribution in [2.75, 3.05) is 26.7 Å². The van der Waals surface area contributed by atoms with Gasteiger partial charge < -0.3 is 9.84 Å². The number of aromatic nitrogens is 6. The molecule has 0 aliphatic carbocycles. The molecule has 9 heteroatoms. The Labute approximate surface area is 145 Å². The number of hydrogen-bond donors (Lipinski definition) is 1. The molecule has 2 atom stereocenters. The fraction of sp³-hybridized carbons (Fsp3) is 0.438. The number of piperazine rings is 1. The van der Waals surface area contributed by atoms with E-state index in [1.807, 2.05) is 37.3 Å². The van der Waals surface area contributed by atoms with Crippen molar-refractivity contribution in [3.8, 4) is 11.4 Å². The normalized spacial score (nSPS) is 19.8. The monoisotopic (exact) mass is 340 g/mol. The number of rotatable bonds is 4. The Balaban J connectivity index is 1.54. The molecule has 3 heterocycles. The minimum Gasteiger partial charge on any atom is -0.337 e. The lowest BCUT2D eigenvalue weighted by molar-refractivity contribution is 0.190. The van der Waals surface area contributed by atoms with Gasteiger partial charge in [0.05, 0.1) is 6.04 Å². The second kappa shape index (κ2) is 6.69. The van der Waals surface area contributed by atoms with Gasteiger partial charge in [-0.1, -0.05) is 35.5 Å². The molecular weight excluding hydrogens is 320 g/mol. The van der Waals surface area contributed by atoms with Gasteiger partial charge in [-0.25, -0.2) is 0 Å². The molecule has 0 spiro atoms. The van der Waals surface area contributed by atoms with Crippen molar-refractivity contribution in [1.29, 1.82) is 0 Å². The SMILES string of the molecule is CC(c1nc(C2CNCCN2C)no1)n1nnc(-c2ccccc2)n1. The Morgan fingerprint density at radius 2 is 2.12 bits per heavy atom. The second-order valence-electron chi connectivity index (χ2n) is 6.17. The largest absolute Gasteiger partial charge is 0.337 e. The van der Waals surface area contributed by atoms with Crippen LogP contribution in [0.5, 0.6) is 0 Å². The van der Waals surface area contributed by atoms with Crippen LogP contribution in [-0.4, -0.2) is 61.9 Å². The van der Waals surface area contributed by atoms with Crippen molar-refractivity contribution in [2.45, 2.75) is 19.0 Å². The molecule has 1 aliphatic rings. The number of hydrogen-bond acceptors (Lipinski definition) is 8. The Kier molecular flexibility index (Phi) is 4.24. The molecular formula is C16H20N8O. The van der Waals surface area contributed by atoms with E-state index in [4.69, 9.17) is 4.52 Å². The zero-order valence-corrected chi connectivity index (χ0v) is 14.2. The van der Waals surface area contributed by atoms with Crippen LogP contribution in [0.1, 0.15) is 30.7 Å². The van der Waals surface area contributed by atoms with Gasteiger partial charge in [-0.15, -0.1) is 10.2 Å². The fourth-order valence-electron chi connectivity index (χ4n) is 2.84. The lowest BCUT2D eigenvalue weighted by Gasteiger charge is -2.30. The highest BCUT2D eigenvalue weighted by atomic mass is 16.5. The molecule has 0 amide bonds. The maximum atomic E-state index is 5.45. The van der Waals surface area contributed by atoms with Crippen LogP contribution < -0.4 is 5.32 Å². The highest BCUT2D eigenvalue weighted by Gasteiger charge is 2.27. The zero-order chi connectivity index (χ0) is 17.2. The van der Waals surface area contributed by atoms with Crippen LogP contribution in [0, 0.1) is 0 Å². The standard InChI is InChI=1S/C16H20N8O/c1-11(24-20-14(19-22-24)12-6-4-3-5-7-12)16-18-15(21-25-16)13-10-17-8-9-23(13)2/h3-7,11,13,17H,8-10H2,1-2H3. The van der Waals surface area contributed by atoms with E-state index in [2.05, 4.69) is 42.8 Å². The van der Waals surface area contributed by atoms with Crippen LogP contribution in [0.2, 0.25) is 0 Å². The summed E-state index contributed by atoms with van der Waals surface area (Å²) in [6.07, 6.45) is 0. The molecule has 2 aromatic heterocycles.